The predicted molar refractivity (Wildman–Crippen MR) is 211 cm³/mol. The summed E-state index contributed by atoms with van der Waals surface area (Å²) in [5.41, 5.74) is 3.78. The number of aliphatic imine (C=N–C) groups is 1. The molecule has 0 unspecified atom stereocenters. The maximum atomic E-state index is 14.7. The van der Waals surface area contributed by atoms with Gasteiger partial charge in [0.15, 0.2) is 5.84 Å². The van der Waals surface area contributed by atoms with Gasteiger partial charge in [-0.15, -0.1) is 11.3 Å². The standard InChI is InChI=1S/C39H37F3N6O3S.C2H6/c1-3-29(36(46-42)47-22-39(23-47)14-17-51-18-15-39)37(49)45-27-10-7-24(8-11-27)38(50)48-16-13-25-19-28(21-44-34-31(41)5-4-6-32(34)43-2)52-35(25)30-12-9-26(40)20-33(30)48;1-2/h3-12,19-20,44H,2,13-18,21-23H2,1H3,(H,45,49);1-2H3/b29-3+,46-36+;. The van der Waals surface area contributed by atoms with Crippen molar-refractivity contribution in [3.8, 4) is 10.4 Å². The first-order valence-corrected chi connectivity index (χ1v) is 18.9. The molecule has 13 heteroatoms. The third-order valence-corrected chi connectivity index (χ3v) is 11.2. The van der Waals surface area contributed by atoms with Gasteiger partial charge in [-0.25, -0.2) is 8.78 Å². The molecule has 0 radical (unpaired) electrons. The second kappa shape index (κ2) is 16.8. The van der Waals surface area contributed by atoms with Crippen LogP contribution < -0.4 is 15.5 Å². The quantitative estimate of drug-likeness (QED) is 0.106. The first kappa shape index (κ1) is 38.5. The monoisotopic (exact) mass is 756 g/mol. The number of rotatable bonds is 8. The fourth-order valence-corrected chi connectivity index (χ4v) is 8.36. The average molecular weight is 757 g/mol. The number of nitrogens with zero attached hydrogens (tertiary/aromatic N) is 4. The molecule has 282 valence electrons. The molecule has 7 rings (SSSR count). The van der Waals surface area contributed by atoms with Crippen molar-refractivity contribution >= 4 is 58.5 Å². The number of anilines is 3. The first-order chi connectivity index (χ1) is 26.2. The summed E-state index contributed by atoms with van der Waals surface area (Å²) in [5, 5.41) is 8.90. The number of likely N-dealkylation sites (tertiary alicyclic amines) is 1. The average Bonchev–Trinajstić information content (AvgIpc) is 3.52. The summed E-state index contributed by atoms with van der Waals surface area (Å²) >= 11 is 1.50. The number of benzene rings is 3. The third-order valence-electron chi connectivity index (χ3n) is 9.96. The van der Waals surface area contributed by atoms with E-state index in [4.69, 9.17) is 4.74 Å². The van der Waals surface area contributed by atoms with Crippen LogP contribution in [0.3, 0.4) is 0 Å². The van der Waals surface area contributed by atoms with Crippen LogP contribution in [0.2, 0.25) is 0 Å². The van der Waals surface area contributed by atoms with Crippen LogP contribution in [0.4, 0.5) is 36.0 Å². The number of halogens is 3. The fourth-order valence-electron chi connectivity index (χ4n) is 7.18. The second-order valence-electron chi connectivity index (χ2n) is 13.2. The molecule has 1 spiro atoms. The number of para-hydroxylation sites is 1. The predicted octanol–water partition coefficient (Wildman–Crippen LogP) is 9.15. The molecule has 1 aromatic heterocycles. The number of fused-ring (bicyclic) bond motifs is 3. The third kappa shape index (κ3) is 7.83. The van der Waals surface area contributed by atoms with Crippen LogP contribution in [0.25, 0.3) is 10.4 Å². The lowest BCUT2D eigenvalue weighted by Gasteiger charge is -2.53. The molecule has 0 aliphatic carbocycles. The van der Waals surface area contributed by atoms with Gasteiger partial charge in [0, 0.05) is 71.4 Å². The van der Waals surface area contributed by atoms with Crippen LogP contribution in [-0.2, 0) is 22.5 Å². The lowest BCUT2D eigenvalue weighted by Crippen LogP contribution is -2.60. The van der Waals surface area contributed by atoms with E-state index in [-0.39, 0.29) is 28.4 Å². The highest BCUT2D eigenvalue weighted by Gasteiger charge is 2.46. The van der Waals surface area contributed by atoms with Crippen LogP contribution in [-0.4, -0.2) is 62.1 Å². The van der Waals surface area contributed by atoms with Crippen LogP contribution in [0.15, 0.2) is 88.6 Å². The smallest absolute Gasteiger partial charge is 0.259 e. The number of nitrogens with one attached hydrogen (secondary N) is 2. The topological polar surface area (TPSA) is 98.6 Å². The molecule has 4 aromatic rings. The van der Waals surface area contributed by atoms with Gasteiger partial charge in [0.1, 0.15) is 11.6 Å². The van der Waals surface area contributed by atoms with Gasteiger partial charge in [0.25, 0.3) is 11.8 Å². The molecule has 54 heavy (non-hydrogen) atoms. The van der Waals surface area contributed by atoms with Crippen molar-refractivity contribution in [2.24, 2.45) is 15.6 Å². The molecule has 0 saturated carbocycles. The summed E-state index contributed by atoms with van der Waals surface area (Å²) < 4.78 is 48.6. The summed E-state index contributed by atoms with van der Waals surface area (Å²) in [6.07, 6.45) is 3.84. The van der Waals surface area contributed by atoms with Crippen LogP contribution >= 0.6 is 11.3 Å². The Hall–Kier alpha value is -5.27. The number of hydrogen-bond donors (Lipinski definition) is 2. The zero-order valence-electron chi connectivity index (χ0n) is 30.6. The Balaban J connectivity index is 0.00000245. The molecule has 3 aliphatic rings. The number of amidine groups is 1. The van der Waals surface area contributed by atoms with E-state index in [1.165, 1.54) is 35.6 Å². The van der Waals surface area contributed by atoms with Gasteiger partial charge in [0.2, 0.25) is 0 Å². The molecule has 2 N–H and O–H groups in total. The minimum Gasteiger partial charge on any atom is -0.381 e. The van der Waals surface area contributed by atoms with E-state index >= 15 is 0 Å². The van der Waals surface area contributed by atoms with Gasteiger partial charge < -0.3 is 25.2 Å². The molecule has 2 amide bonds. The molecule has 2 saturated heterocycles. The number of thiophene rings is 1. The molecule has 3 aromatic carbocycles. The van der Waals surface area contributed by atoms with Gasteiger partial charge in [-0.1, -0.05) is 35.7 Å². The van der Waals surface area contributed by atoms with Gasteiger partial charge in [-0.05, 0) is 99.1 Å². The Kier molecular flexibility index (Phi) is 12.0. The lowest BCUT2D eigenvalue weighted by atomic mass is 9.73. The van der Waals surface area contributed by atoms with Crippen molar-refractivity contribution in [2.75, 3.05) is 48.4 Å². The Morgan fingerprint density at radius 2 is 1.78 bits per heavy atom. The maximum Gasteiger partial charge on any atom is 0.259 e. The normalized spacial score (nSPS) is 16.3. The molecule has 0 atom stereocenters. The van der Waals surface area contributed by atoms with E-state index in [2.05, 4.69) is 27.6 Å². The van der Waals surface area contributed by atoms with E-state index < -0.39 is 17.5 Å². The molecule has 3 aliphatic heterocycles. The van der Waals surface area contributed by atoms with E-state index in [1.54, 1.807) is 59.2 Å². The van der Waals surface area contributed by atoms with Crippen molar-refractivity contribution < 1.29 is 27.6 Å². The van der Waals surface area contributed by atoms with Crippen molar-refractivity contribution in [1.82, 2.24) is 4.90 Å². The van der Waals surface area contributed by atoms with Crippen molar-refractivity contribution in [3.05, 3.63) is 106 Å². The summed E-state index contributed by atoms with van der Waals surface area (Å²) in [6, 6.07) is 17.4. The summed E-state index contributed by atoms with van der Waals surface area (Å²) in [7, 11) is 0. The molecule has 0 bridgehead atoms. The zero-order valence-corrected chi connectivity index (χ0v) is 31.4. The highest BCUT2D eigenvalue weighted by Crippen LogP contribution is 2.43. The number of carbonyl (C=O) groups excluding carboxylic acids is 2. The fraction of sp³-hybridized carbons (Fsp3) is 0.317. The van der Waals surface area contributed by atoms with Crippen molar-refractivity contribution in [3.63, 3.8) is 0 Å². The zero-order chi connectivity index (χ0) is 38.4. The minimum absolute atomic E-state index is 0.00269. The Morgan fingerprint density at radius 1 is 1.04 bits per heavy atom. The van der Waals surface area contributed by atoms with Crippen LogP contribution in [0.5, 0.6) is 0 Å². The van der Waals surface area contributed by atoms with E-state index in [9.17, 15) is 22.9 Å². The number of carbonyl (C=O) groups is 2. The van der Waals surface area contributed by atoms with Crippen molar-refractivity contribution in [2.45, 2.75) is 46.6 Å². The summed E-state index contributed by atoms with van der Waals surface area (Å²) in [5.74, 6) is -1.75. The van der Waals surface area contributed by atoms with Gasteiger partial charge in [-0.3, -0.25) is 14.6 Å². The van der Waals surface area contributed by atoms with E-state index in [0.29, 0.717) is 68.4 Å². The van der Waals surface area contributed by atoms with E-state index in [0.717, 1.165) is 33.7 Å². The minimum atomic E-state index is -0.518. The molecular formula is C41H43F3N6O3S. The lowest BCUT2D eigenvalue weighted by molar-refractivity contribution is -0.112. The number of hydrogen-bond acceptors (Lipinski definition) is 7. The Labute approximate surface area is 317 Å². The Bertz CT molecular complexity index is 2080. The van der Waals surface area contributed by atoms with E-state index in [1.807, 2.05) is 19.9 Å². The number of amides is 2. The van der Waals surface area contributed by atoms with Crippen LogP contribution in [0, 0.1) is 17.0 Å². The SMILES string of the molecule is C=Nc1cccc(F)c1NCc1cc2c(s1)-c1ccc(F)cc1N(C(=O)c1ccc(NC(=O)C(=C/C)/C(=N\F)N3CC4(CCOCC4)C3)cc1)CC2.CC. The van der Waals surface area contributed by atoms with Crippen molar-refractivity contribution in [1.29, 1.82) is 0 Å². The number of allylic oxidation sites excluding steroid dienone is 1. The highest BCUT2D eigenvalue weighted by molar-refractivity contribution is 7.15. The highest BCUT2D eigenvalue weighted by atomic mass is 32.1. The van der Waals surface area contributed by atoms with Crippen LogP contribution in [0.1, 0.15) is 54.4 Å². The molecule has 4 heterocycles. The first-order valence-electron chi connectivity index (χ1n) is 18.0. The second-order valence-corrected chi connectivity index (χ2v) is 14.3. The summed E-state index contributed by atoms with van der Waals surface area (Å²) in [4.78, 5) is 36.3. The molecule has 9 nitrogen and oxygen atoms in total. The molecule has 2 fully saturated rings. The number of ether oxygens (including phenoxy) is 1. The Morgan fingerprint density at radius 3 is 2.46 bits per heavy atom. The maximum absolute atomic E-state index is 14.7. The van der Waals surface area contributed by atoms with Gasteiger partial charge in [0.05, 0.1) is 22.6 Å². The molecular weight excluding hydrogens is 714 g/mol. The van der Waals surface area contributed by atoms with Gasteiger partial charge >= 0.3 is 0 Å². The largest absolute Gasteiger partial charge is 0.381 e. The summed E-state index contributed by atoms with van der Waals surface area (Å²) in [6.45, 7) is 12.4. The van der Waals surface area contributed by atoms with Gasteiger partial charge in [-0.2, -0.15) is 0 Å².